The van der Waals surface area contributed by atoms with Gasteiger partial charge in [-0.3, -0.25) is 4.79 Å². The number of carbonyl (C=O) groups excluding carboxylic acids is 1. The molecule has 0 radical (unpaired) electrons. The van der Waals surface area contributed by atoms with Crippen LogP contribution in [0.3, 0.4) is 0 Å². The number of aromatic nitrogens is 2. The van der Waals surface area contributed by atoms with E-state index in [-0.39, 0.29) is 5.91 Å². The van der Waals surface area contributed by atoms with Crippen molar-refractivity contribution in [3.63, 3.8) is 0 Å². The topological polar surface area (TPSA) is 59.2 Å². The van der Waals surface area contributed by atoms with Crippen molar-refractivity contribution in [2.45, 2.75) is 26.7 Å². The minimum Gasteiger partial charge on any atom is -0.421 e. The van der Waals surface area contributed by atoms with Gasteiger partial charge in [-0.25, -0.2) is 0 Å². The number of hydrogen-bond donors (Lipinski definition) is 0. The largest absolute Gasteiger partial charge is 0.421 e. The molecule has 0 N–H and O–H groups in total. The van der Waals surface area contributed by atoms with Crippen LogP contribution >= 0.6 is 0 Å². The molecule has 0 aliphatic carbocycles. The summed E-state index contributed by atoms with van der Waals surface area (Å²) in [6.45, 7) is 4.62. The van der Waals surface area contributed by atoms with Crippen LogP contribution in [0.5, 0.6) is 0 Å². The Balaban J connectivity index is 1.63. The number of para-hydroxylation sites is 1. The third-order valence-corrected chi connectivity index (χ3v) is 4.00. The highest BCUT2D eigenvalue weighted by Crippen LogP contribution is 2.19. The molecule has 0 fully saturated rings. The molecular weight excluding hydrogens is 314 g/mol. The van der Waals surface area contributed by atoms with Crippen LogP contribution in [0.15, 0.2) is 59.0 Å². The summed E-state index contributed by atoms with van der Waals surface area (Å²) in [6, 6.07) is 17.6. The van der Waals surface area contributed by atoms with Crippen LogP contribution in [0.2, 0.25) is 0 Å². The quantitative estimate of drug-likeness (QED) is 0.682. The lowest BCUT2D eigenvalue weighted by molar-refractivity contribution is -0.118. The Morgan fingerprint density at radius 1 is 1.04 bits per heavy atom. The zero-order chi connectivity index (χ0) is 17.6. The fourth-order valence-corrected chi connectivity index (χ4v) is 2.63. The van der Waals surface area contributed by atoms with Gasteiger partial charge in [-0.1, -0.05) is 35.9 Å². The summed E-state index contributed by atoms with van der Waals surface area (Å²) < 4.78 is 5.69. The van der Waals surface area contributed by atoms with E-state index in [1.54, 1.807) is 4.90 Å². The number of aryl methyl sites for hydroxylation is 2. The van der Waals surface area contributed by atoms with Crippen LogP contribution in [-0.4, -0.2) is 22.6 Å². The zero-order valence-corrected chi connectivity index (χ0v) is 14.5. The smallest absolute Gasteiger partial charge is 0.247 e. The molecule has 25 heavy (non-hydrogen) atoms. The van der Waals surface area contributed by atoms with Crippen molar-refractivity contribution in [3.8, 4) is 11.5 Å². The molecule has 0 aliphatic heterocycles. The molecule has 0 saturated carbocycles. The molecule has 128 valence electrons. The molecule has 0 atom stereocenters. The summed E-state index contributed by atoms with van der Waals surface area (Å²) >= 11 is 0. The van der Waals surface area contributed by atoms with E-state index in [0.717, 1.165) is 11.3 Å². The summed E-state index contributed by atoms with van der Waals surface area (Å²) in [4.78, 5) is 14.3. The predicted octanol–water partition coefficient (Wildman–Crippen LogP) is 4.03. The normalized spacial score (nSPS) is 10.6. The van der Waals surface area contributed by atoms with Gasteiger partial charge in [0.05, 0.1) is 0 Å². The van der Waals surface area contributed by atoms with Gasteiger partial charge in [-0.15, -0.1) is 10.2 Å². The average Bonchev–Trinajstić information content (AvgIpc) is 3.11. The van der Waals surface area contributed by atoms with Crippen LogP contribution in [0.4, 0.5) is 5.69 Å². The Labute approximate surface area is 147 Å². The van der Waals surface area contributed by atoms with Crippen molar-refractivity contribution in [1.82, 2.24) is 10.2 Å². The highest BCUT2D eigenvalue weighted by atomic mass is 16.4. The van der Waals surface area contributed by atoms with Crippen LogP contribution in [0, 0.1) is 6.92 Å². The molecule has 1 aromatic heterocycles. The standard InChI is InChI=1S/C20H21N3O2/c1-3-23(17-7-5-4-6-8-17)19(24)14-13-18-21-22-20(25-18)16-11-9-15(2)10-12-16/h4-12H,3,13-14H2,1-2H3. The lowest BCUT2D eigenvalue weighted by Crippen LogP contribution is -2.30. The number of amides is 1. The maximum atomic E-state index is 12.5. The number of carbonyl (C=O) groups is 1. The van der Waals surface area contributed by atoms with Crippen molar-refractivity contribution in [3.05, 3.63) is 66.1 Å². The monoisotopic (exact) mass is 335 g/mol. The van der Waals surface area contributed by atoms with E-state index in [1.807, 2.05) is 68.4 Å². The lowest BCUT2D eigenvalue weighted by atomic mass is 10.1. The van der Waals surface area contributed by atoms with Gasteiger partial charge in [-0.05, 0) is 38.1 Å². The van der Waals surface area contributed by atoms with E-state index >= 15 is 0 Å². The molecule has 2 aromatic carbocycles. The van der Waals surface area contributed by atoms with Gasteiger partial charge in [0.1, 0.15) is 0 Å². The SMILES string of the molecule is CCN(C(=O)CCc1nnc(-c2ccc(C)cc2)o1)c1ccccc1. The Morgan fingerprint density at radius 2 is 1.76 bits per heavy atom. The number of rotatable bonds is 6. The Hall–Kier alpha value is -2.95. The molecule has 0 unspecified atom stereocenters. The second-order valence-corrected chi connectivity index (χ2v) is 5.84. The number of benzene rings is 2. The van der Waals surface area contributed by atoms with Gasteiger partial charge in [0.25, 0.3) is 0 Å². The second kappa shape index (κ2) is 7.75. The highest BCUT2D eigenvalue weighted by Gasteiger charge is 2.16. The van der Waals surface area contributed by atoms with Gasteiger partial charge >= 0.3 is 0 Å². The molecule has 0 spiro atoms. The Morgan fingerprint density at radius 3 is 2.44 bits per heavy atom. The van der Waals surface area contributed by atoms with Gasteiger partial charge < -0.3 is 9.32 Å². The lowest BCUT2D eigenvalue weighted by Gasteiger charge is -2.20. The summed E-state index contributed by atoms with van der Waals surface area (Å²) in [7, 11) is 0. The third kappa shape index (κ3) is 4.12. The van der Waals surface area contributed by atoms with E-state index in [4.69, 9.17) is 4.42 Å². The van der Waals surface area contributed by atoms with Crippen LogP contribution < -0.4 is 4.90 Å². The number of nitrogens with zero attached hydrogens (tertiary/aromatic N) is 3. The summed E-state index contributed by atoms with van der Waals surface area (Å²) in [5, 5.41) is 8.13. The minimum absolute atomic E-state index is 0.0452. The molecule has 5 heteroatoms. The maximum absolute atomic E-state index is 12.5. The van der Waals surface area contributed by atoms with Crippen molar-refractivity contribution in [1.29, 1.82) is 0 Å². The summed E-state index contributed by atoms with van der Waals surface area (Å²) in [5.74, 6) is 1.01. The molecular formula is C20H21N3O2. The molecule has 0 aliphatic rings. The fourth-order valence-electron chi connectivity index (χ4n) is 2.63. The minimum atomic E-state index is 0.0452. The summed E-state index contributed by atoms with van der Waals surface area (Å²) in [5.41, 5.74) is 2.96. The van der Waals surface area contributed by atoms with Crippen LogP contribution in [0.1, 0.15) is 24.8 Å². The molecule has 0 bridgehead atoms. The van der Waals surface area contributed by atoms with Gasteiger partial charge in [0.15, 0.2) is 0 Å². The zero-order valence-electron chi connectivity index (χ0n) is 14.5. The van der Waals surface area contributed by atoms with Crippen LogP contribution in [0.25, 0.3) is 11.5 Å². The van der Waals surface area contributed by atoms with E-state index in [1.165, 1.54) is 5.56 Å². The average molecular weight is 335 g/mol. The predicted molar refractivity (Wildman–Crippen MR) is 97.3 cm³/mol. The van der Waals surface area contributed by atoms with Crippen molar-refractivity contribution >= 4 is 11.6 Å². The Bertz CT molecular complexity index is 826. The highest BCUT2D eigenvalue weighted by molar-refractivity contribution is 5.93. The van der Waals surface area contributed by atoms with E-state index in [0.29, 0.717) is 31.2 Å². The van der Waals surface area contributed by atoms with Crippen molar-refractivity contribution < 1.29 is 9.21 Å². The molecule has 1 heterocycles. The van der Waals surface area contributed by atoms with Gasteiger partial charge in [0.2, 0.25) is 17.7 Å². The first-order chi connectivity index (χ1) is 12.2. The van der Waals surface area contributed by atoms with Crippen LogP contribution in [-0.2, 0) is 11.2 Å². The van der Waals surface area contributed by atoms with E-state index in [9.17, 15) is 4.79 Å². The molecule has 5 nitrogen and oxygen atoms in total. The molecule has 3 rings (SSSR count). The Kier molecular flexibility index (Phi) is 5.23. The first-order valence-corrected chi connectivity index (χ1v) is 8.42. The second-order valence-electron chi connectivity index (χ2n) is 5.84. The van der Waals surface area contributed by atoms with E-state index in [2.05, 4.69) is 10.2 Å². The van der Waals surface area contributed by atoms with Crippen molar-refractivity contribution in [2.75, 3.05) is 11.4 Å². The number of anilines is 1. The maximum Gasteiger partial charge on any atom is 0.247 e. The van der Waals surface area contributed by atoms with Crippen molar-refractivity contribution in [2.24, 2.45) is 0 Å². The molecule has 0 saturated heterocycles. The summed E-state index contributed by atoms with van der Waals surface area (Å²) in [6.07, 6.45) is 0.763. The number of hydrogen-bond acceptors (Lipinski definition) is 4. The van der Waals surface area contributed by atoms with Gasteiger partial charge in [0, 0.05) is 30.6 Å². The molecule has 3 aromatic rings. The van der Waals surface area contributed by atoms with Gasteiger partial charge in [-0.2, -0.15) is 0 Å². The van der Waals surface area contributed by atoms with E-state index < -0.39 is 0 Å². The first-order valence-electron chi connectivity index (χ1n) is 8.42. The first kappa shape index (κ1) is 16.9. The molecule has 1 amide bonds. The fraction of sp³-hybridized carbons (Fsp3) is 0.250. The third-order valence-electron chi connectivity index (χ3n) is 4.00.